The molecule has 0 spiro atoms. The number of anilines is 1. The Morgan fingerprint density at radius 1 is 1.20 bits per heavy atom. The third-order valence-electron chi connectivity index (χ3n) is 5.57. The topological polar surface area (TPSA) is 80.8 Å². The SMILES string of the molecule is CC1CN(c2ccc(CNC(=O)C3(C)Cc4ccccc4C(=O)O3)cn2)CC(C)O1. The van der Waals surface area contributed by atoms with Crippen molar-refractivity contribution in [2.75, 3.05) is 18.0 Å². The Hall–Kier alpha value is -2.93. The summed E-state index contributed by atoms with van der Waals surface area (Å²) < 4.78 is 11.3. The number of carbonyl (C=O) groups excluding carboxylic acids is 2. The van der Waals surface area contributed by atoms with Gasteiger partial charge in [0.1, 0.15) is 5.82 Å². The first-order valence-electron chi connectivity index (χ1n) is 10.3. The van der Waals surface area contributed by atoms with Crippen LogP contribution in [0.15, 0.2) is 42.6 Å². The number of pyridine rings is 1. The van der Waals surface area contributed by atoms with Crippen LogP contribution >= 0.6 is 0 Å². The van der Waals surface area contributed by atoms with Crippen molar-refractivity contribution < 1.29 is 19.1 Å². The highest BCUT2D eigenvalue weighted by Gasteiger charge is 2.42. The van der Waals surface area contributed by atoms with E-state index in [4.69, 9.17) is 9.47 Å². The maximum absolute atomic E-state index is 12.8. The average Bonchev–Trinajstić information content (AvgIpc) is 2.71. The van der Waals surface area contributed by atoms with E-state index in [9.17, 15) is 9.59 Å². The molecule has 2 aliphatic rings. The molecular formula is C23H27N3O4. The predicted molar refractivity (Wildman–Crippen MR) is 112 cm³/mol. The summed E-state index contributed by atoms with van der Waals surface area (Å²) in [5, 5.41) is 2.88. The molecule has 1 saturated heterocycles. The fraction of sp³-hybridized carbons (Fsp3) is 0.435. The summed E-state index contributed by atoms with van der Waals surface area (Å²) in [5.74, 6) is 0.122. The van der Waals surface area contributed by atoms with E-state index in [-0.39, 0.29) is 18.1 Å². The smallest absolute Gasteiger partial charge is 0.339 e. The zero-order valence-electron chi connectivity index (χ0n) is 17.6. The second kappa shape index (κ2) is 8.07. The molecule has 1 fully saturated rings. The summed E-state index contributed by atoms with van der Waals surface area (Å²) in [6.45, 7) is 7.69. The molecule has 3 atom stereocenters. The Kier molecular flexibility index (Phi) is 5.47. The van der Waals surface area contributed by atoms with Crippen LogP contribution in [-0.2, 0) is 27.2 Å². The first kappa shape index (κ1) is 20.3. The van der Waals surface area contributed by atoms with Gasteiger partial charge in [0, 0.05) is 32.3 Å². The van der Waals surface area contributed by atoms with E-state index in [1.807, 2.05) is 24.3 Å². The third kappa shape index (κ3) is 4.16. The molecule has 1 aromatic carbocycles. The van der Waals surface area contributed by atoms with Gasteiger partial charge in [-0.15, -0.1) is 0 Å². The molecule has 1 amide bonds. The second-order valence-electron chi connectivity index (χ2n) is 8.32. The Morgan fingerprint density at radius 2 is 1.93 bits per heavy atom. The van der Waals surface area contributed by atoms with Crippen LogP contribution in [0.2, 0.25) is 0 Å². The van der Waals surface area contributed by atoms with E-state index in [2.05, 4.69) is 29.0 Å². The number of ether oxygens (including phenoxy) is 2. The van der Waals surface area contributed by atoms with Gasteiger partial charge in [0.05, 0.1) is 17.8 Å². The summed E-state index contributed by atoms with van der Waals surface area (Å²) in [7, 11) is 0. The number of morpholine rings is 1. The predicted octanol–water partition coefficient (Wildman–Crippen LogP) is 2.48. The normalized spacial score (nSPS) is 26.0. The monoisotopic (exact) mass is 409 g/mol. The molecule has 0 bridgehead atoms. The van der Waals surface area contributed by atoms with Crippen LogP contribution < -0.4 is 10.2 Å². The minimum atomic E-state index is -1.22. The number of nitrogens with zero attached hydrogens (tertiary/aromatic N) is 2. The molecule has 3 heterocycles. The lowest BCUT2D eigenvalue weighted by atomic mass is 9.89. The molecule has 7 nitrogen and oxygen atoms in total. The van der Waals surface area contributed by atoms with Crippen molar-refractivity contribution in [2.24, 2.45) is 0 Å². The van der Waals surface area contributed by atoms with Crippen molar-refractivity contribution in [3.63, 3.8) is 0 Å². The number of hydrogen-bond acceptors (Lipinski definition) is 6. The lowest BCUT2D eigenvalue weighted by molar-refractivity contribution is -0.140. The maximum atomic E-state index is 12.8. The lowest BCUT2D eigenvalue weighted by Gasteiger charge is -2.36. The third-order valence-corrected chi connectivity index (χ3v) is 5.57. The van der Waals surface area contributed by atoms with Crippen molar-refractivity contribution in [3.05, 3.63) is 59.3 Å². The van der Waals surface area contributed by atoms with Gasteiger partial charge in [-0.2, -0.15) is 0 Å². The molecule has 3 unspecified atom stereocenters. The van der Waals surface area contributed by atoms with Crippen LogP contribution in [0.1, 0.15) is 42.3 Å². The van der Waals surface area contributed by atoms with Gasteiger partial charge in [-0.1, -0.05) is 24.3 Å². The van der Waals surface area contributed by atoms with Crippen LogP contribution in [0.25, 0.3) is 0 Å². The number of cyclic esters (lactones) is 1. The van der Waals surface area contributed by atoms with Gasteiger partial charge in [0.15, 0.2) is 5.60 Å². The zero-order valence-corrected chi connectivity index (χ0v) is 17.6. The fourth-order valence-corrected chi connectivity index (χ4v) is 4.10. The minimum absolute atomic E-state index is 0.165. The summed E-state index contributed by atoms with van der Waals surface area (Å²) in [6.07, 6.45) is 2.45. The van der Waals surface area contributed by atoms with Gasteiger partial charge >= 0.3 is 5.97 Å². The van der Waals surface area contributed by atoms with Gasteiger partial charge in [0.2, 0.25) is 0 Å². The lowest BCUT2D eigenvalue weighted by Crippen LogP contribution is -2.51. The molecule has 0 aliphatic carbocycles. The zero-order chi connectivity index (χ0) is 21.3. The van der Waals surface area contributed by atoms with Gasteiger partial charge in [0.25, 0.3) is 5.91 Å². The molecule has 1 aromatic heterocycles. The van der Waals surface area contributed by atoms with Crippen molar-refractivity contribution >= 4 is 17.7 Å². The van der Waals surface area contributed by atoms with Crippen LogP contribution in [0.3, 0.4) is 0 Å². The number of esters is 1. The van der Waals surface area contributed by atoms with Crippen LogP contribution in [0.4, 0.5) is 5.82 Å². The quantitative estimate of drug-likeness (QED) is 0.782. The van der Waals surface area contributed by atoms with E-state index in [0.717, 1.165) is 30.0 Å². The summed E-state index contributed by atoms with van der Waals surface area (Å²) >= 11 is 0. The molecule has 0 radical (unpaired) electrons. The van der Waals surface area contributed by atoms with Crippen molar-refractivity contribution in [1.29, 1.82) is 0 Å². The molecule has 2 aliphatic heterocycles. The summed E-state index contributed by atoms with van der Waals surface area (Å²) in [5.41, 5.74) is 1.01. The molecule has 2 aromatic rings. The molecule has 7 heteroatoms. The Bertz CT molecular complexity index is 936. The Labute approximate surface area is 176 Å². The molecule has 0 saturated carbocycles. The molecular weight excluding hydrogens is 382 g/mol. The van der Waals surface area contributed by atoms with Crippen molar-refractivity contribution in [1.82, 2.24) is 10.3 Å². The van der Waals surface area contributed by atoms with Gasteiger partial charge in [-0.25, -0.2) is 9.78 Å². The number of aromatic nitrogens is 1. The van der Waals surface area contributed by atoms with Crippen molar-refractivity contribution in [2.45, 2.75) is 51.5 Å². The molecule has 158 valence electrons. The number of nitrogens with one attached hydrogen (secondary N) is 1. The highest BCUT2D eigenvalue weighted by molar-refractivity contribution is 5.97. The molecule has 1 N–H and O–H groups in total. The van der Waals surface area contributed by atoms with Gasteiger partial charge in [-0.05, 0) is 44.0 Å². The van der Waals surface area contributed by atoms with Crippen LogP contribution in [-0.4, -0.2) is 47.8 Å². The summed E-state index contributed by atoms with van der Waals surface area (Å²) in [6, 6.07) is 11.1. The van der Waals surface area contributed by atoms with E-state index in [0.29, 0.717) is 18.5 Å². The number of hydrogen-bond donors (Lipinski definition) is 1. The largest absolute Gasteiger partial charge is 0.445 e. The Morgan fingerprint density at radius 3 is 2.63 bits per heavy atom. The number of fused-ring (bicyclic) bond motifs is 1. The summed E-state index contributed by atoms with van der Waals surface area (Å²) in [4.78, 5) is 31.9. The molecule has 30 heavy (non-hydrogen) atoms. The number of amides is 1. The van der Waals surface area contributed by atoms with Crippen LogP contribution in [0.5, 0.6) is 0 Å². The number of benzene rings is 1. The van der Waals surface area contributed by atoms with E-state index in [1.54, 1.807) is 25.3 Å². The Balaban J connectivity index is 1.38. The minimum Gasteiger partial charge on any atom is -0.445 e. The fourth-order valence-electron chi connectivity index (χ4n) is 4.10. The molecule has 4 rings (SSSR count). The first-order chi connectivity index (χ1) is 14.3. The van der Waals surface area contributed by atoms with Crippen molar-refractivity contribution in [3.8, 4) is 0 Å². The standard InChI is InChI=1S/C23H27N3O4/c1-15-13-26(14-16(2)29-15)20-9-8-17(11-24-20)12-25-22(28)23(3)10-18-6-4-5-7-19(18)21(27)30-23/h4-9,11,15-16H,10,12-14H2,1-3H3,(H,25,28). The average molecular weight is 409 g/mol. The highest BCUT2D eigenvalue weighted by atomic mass is 16.6. The number of rotatable bonds is 4. The van der Waals surface area contributed by atoms with E-state index < -0.39 is 11.6 Å². The van der Waals surface area contributed by atoms with Gasteiger partial charge in [-0.3, -0.25) is 4.79 Å². The highest BCUT2D eigenvalue weighted by Crippen LogP contribution is 2.28. The second-order valence-corrected chi connectivity index (χ2v) is 8.32. The van der Waals surface area contributed by atoms with Gasteiger partial charge < -0.3 is 19.7 Å². The van der Waals surface area contributed by atoms with E-state index in [1.165, 1.54) is 0 Å². The maximum Gasteiger partial charge on any atom is 0.339 e. The number of carbonyl (C=O) groups is 2. The van der Waals surface area contributed by atoms with Crippen LogP contribution in [0, 0.1) is 0 Å². The van der Waals surface area contributed by atoms with E-state index >= 15 is 0 Å². The first-order valence-corrected chi connectivity index (χ1v) is 10.3.